The van der Waals surface area contributed by atoms with E-state index in [4.69, 9.17) is 24.9 Å². The molecule has 2 aromatic carbocycles. The molecule has 276 valence electrons. The predicted molar refractivity (Wildman–Crippen MR) is 203 cm³/mol. The highest BCUT2D eigenvalue weighted by atomic mass is 16.5. The van der Waals surface area contributed by atoms with Gasteiger partial charge in [-0.3, -0.25) is 9.72 Å². The van der Waals surface area contributed by atoms with E-state index in [2.05, 4.69) is 43.6 Å². The predicted octanol–water partition coefficient (Wildman–Crippen LogP) is 5.77. The fourth-order valence-electron chi connectivity index (χ4n) is 6.23. The highest BCUT2D eigenvalue weighted by Gasteiger charge is 2.30. The van der Waals surface area contributed by atoms with Crippen LogP contribution >= 0.6 is 0 Å². The number of nitrogens with two attached hydrogens (primary N) is 1. The Kier molecular flexibility index (Phi) is 11.3. The summed E-state index contributed by atoms with van der Waals surface area (Å²) in [6.07, 6.45) is 4.86. The average Bonchev–Trinajstić information content (AvgIpc) is 3.52. The van der Waals surface area contributed by atoms with Crippen molar-refractivity contribution in [1.29, 1.82) is 0 Å². The van der Waals surface area contributed by atoms with E-state index in [1.807, 2.05) is 100 Å². The van der Waals surface area contributed by atoms with E-state index in [1.54, 1.807) is 6.08 Å². The Morgan fingerprint density at radius 3 is 2.65 bits per heavy atom. The van der Waals surface area contributed by atoms with Crippen LogP contribution in [0, 0.1) is 5.41 Å². The molecular formula is C39H51N9O4. The third kappa shape index (κ3) is 9.01. The Labute approximate surface area is 305 Å². The number of hydrogen-bond acceptors (Lipinski definition) is 10. The van der Waals surface area contributed by atoms with Crippen molar-refractivity contribution in [1.82, 2.24) is 30.1 Å². The van der Waals surface area contributed by atoms with Crippen molar-refractivity contribution in [3.63, 3.8) is 0 Å². The zero-order valence-electron chi connectivity index (χ0n) is 31.0. The Morgan fingerprint density at radius 1 is 1.08 bits per heavy atom. The van der Waals surface area contributed by atoms with Gasteiger partial charge >= 0.3 is 6.03 Å². The molecule has 1 aliphatic carbocycles. The number of urea groups is 1. The highest BCUT2D eigenvalue weighted by molar-refractivity contribution is 6.05. The lowest BCUT2D eigenvalue weighted by Crippen LogP contribution is -2.44. The normalized spacial score (nSPS) is 19.8. The Hall–Kier alpha value is -5.14. The number of carbonyl (C=O) groups is 1. The largest absolute Gasteiger partial charge is 0.492 e. The molecule has 1 saturated heterocycles. The lowest BCUT2D eigenvalue weighted by Gasteiger charge is -2.33. The number of aliphatic imine (C=N–C) groups is 1. The molecule has 3 heterocycles. The third-order valence-electron chi connectivity index (χ3n) is 9.28. The molecule has 6 rings (SSSR count). The van der Waals surface area contributed by atoms with Crippen LogP contribution in [0.25, 0.3) is 5.65 Å². The summed E-state index contributed by atoms with van der Waals surface area (Å²) in [5, 5.41) is 15.0. The van der Waals surface area contributed by atoms with Crippen molar-refractivity contribution >= 4 is 29.1 Å². The van der Waals surface area contributed by atoms with Gasteiger partial charge in [-0.25, -0.2) is 9.79 Å². The second-order valence-electron chi connectivity index (χ2n) is 14.7. The summed E-state index contributed by atoms with van der Waals surface area (Å²) in [5.74, 6) is 2.52. The molecule has 0 saturated carbocycles. The van der Waals surface area contributed by atoms with Gasteiger partial charge in [0.25, 0.3) is 0 Å². The van der Waals surface area contributed by atoms with Gasteiger partial charge in [-0.05, 0) is 69.3 Å². The van der Waals surface area contributed by atoms with E-state index >= 15 is 0 Å². The van der Waals surface area contributed by atoms with Gasteiger partial charge in [0.05, 0.1) is 37.2 Å². The van der Waals surface area contributed by atoms with Crippen LogP contribution in [0.3, 0.4) is 0 Å². The van der Waals surface area contributed by atoms with Crippen LogP contribution in [0.4, 0.5) is 16.4 Å². The number of amides is 2. The number of fused-ring (bicyclic) bond motifs is 2. The molecule has 4 aromatic rings. The summed E-state index contributed by atoms with van der Waals surface area (Å²) >= 11 is 0. The maximum absolute atomic E-state index is 13.6. The van der Waals surface area contributed by atoms with Crippen molar-refractivity contribution in [3.05, 3.63) is 89.8 Å². The minimum atomic E-state index is -0.378. The molecule has 13 nitrogen and oxygen atoms in total. The first kappa shape index (κ1) is 36.6. The number of hydrogen-bond donors (Lipinski definition) is 3. The number of benzene rings is 2. The van der Waals surface area contributed by atoms with Gasteiger partial charge in [0.2, 0.25) is 5.95 Å². The van der Waals surface area contributed by atoms with Gasteiger partial charge in [0.1, 0.15) is 30.0 Å². The number of aromatic nitrogens is 3. The van der Waals surface area contributed by atoms with E-state index in [9.17, 15) is 4.79 Å². The fourth-order valence-corrected chi connectivity index (χ4v) is 6.23. The number of rotatable bonds is 10. The van der Waals surface area contributed by atoms with Crippen LogP contribution in [0.2, 0.25) is 0 Å². The van der Waals surface area contributed by atoms with Gasteiger partial charge in [-0.15, -0.1) is 10.2 Å². The third-order valence-corrected chi connectivity index (χ3v) is 9.28. The molecule has 3 atom stereocenters. The van der Waals surface area contributed by atoms with Gasteiger partial charge in [0.15, 0.2) is 5.65 Å². The summed E-state index contributed by atoms with van der Waals surface area (Å²) in [6, 6.07) is 19.0. The quantitative estimate of drug-likeness (QED) is 0.138. The van der Waals surface area contributed by atoms with Crippen molar-refractivity contribution < 1.29 is 19.0 Å². The standard InChI is InChI=1S/C39H51N9O4/c1-26-25-50-20-19-47(26)38-45-44-36-17-14-29(24-48(36)38)52-33-16-15-32(30-12-7-8-13-31(30)33)42-37(49)43-35(23-34(40)39(2,3)4)41-27-10-9-11-28(22-27)51-21-18-46(5)6/h7-14,17,22-24,26,32-33H,15-16,18-21,25,40H2,1-6H3,(H2,41,42,43,49). The molecule has 2 aliphatic rings. The first-order valence-electron chi connectivity index (χ1n) is 17.9. The Bertz CT molecular complexity index is 1910. The van der Waals surface area contributed by atoms with Gasteiger partial charge in [-0.2, -0.15) is 0 Å². The molecule has 2 amide bonds. The number of ether oxygens (including phenoxy) is 3. The summed E-state index contributed by atoms with van der Waals surface area (Å²) in [5.41, 5.74) is 10.1. The monoisotopic (exact) mass is 709 g/mol. The van der Waals surface area contributed by atoms with Crippen LogP contribution < -0.4 is 30.7 Å². The van der Waals surface area contributed by atoms with Crippen molar-refractivity contribution in [3.8, 4) is 11.5 Å². The smallest absolute Gasteiger partial charge is 0.320 e. The van der Waals surface area contributed by atoms with Crippen LogP contribution in [0.15, 0.2) is 83.6 Å². The average molecular weight is 710 g/mol. The van der Waals surface area contributed by atoms with E-state index in [0.717, 1.165) is 41.6 Å². The summed E-state index contributed by atoms with van der Waals surface area (Å²) < 4.78 is 20.2. The molecule has 0 bridgehead atoms. The van der Waals surface area contributed by atoms with E-state index < -0.39 is 0 Å². The van der Waals surface area contributed by atoms with Crippen LogP contribution in [-0.2, 0) is 4.74 Å². The fraction of sp³-hybridized carbons (Fsp3) is 0.436. The van der Waals surface area contributed by atoms with Gasteiger partial charge in [-0.1, -0.05) is 51.1 Å². The zero-order valence-corrected chi connectivity index (χ0v) is 31.0. The van der Waals surface area contributed by atoms with Crippen molar-refractivity contribution in [2.75, 3.05) is 51.9 Å². The minimum Gasteiger partial charge on any atom is -0.492 e. The molecular weight excluding hydrogens is 658 g/mol. The van der Waals surface area contributed by atoms with Crippen LogP contribution in [0.1, 0.15) is 63.8 Å². The number of amidine groups is 1. The second-order valence-corrected chi connectivity index (χ2v) is 14.7. The van der Waals surface area contributed by atoms with Crippen molar-refractivity contribution in [2.24, 2.45) is 16.1 Å². The number of allylic oxidation sites excluding steroid dienone is 1. The lowest BCUT2D eigenvalue weighted by atomic mass is 9.85. The molecule has 1 aliphatic heterocycles. The van der Waals surface area contributed by atoms with E-state index in [-0.39, 0.29) is 29.6 Å². The maximum atomic E-state index is 13.6. The molecule has 1 fully saturated rings. The topological polar surface area (TPSA) is 144 Å². The van der Waals surface area contributed by atoms with Crippen molar-refractivity contribution in [2.45, 2.75) is 58.7 Å². The lowest BCUT2D eigenvalue weighted by molar-refractivity contribution is 0.0980. The number of nitrogens with one attached hydrogen (secondary N) is 2. The van der Waals surface area contributed by atoms with E-state index in [1.165, 1.54) is 0 Å². The summed E-state index contributed by atoms with van der Waals surface area (Å²) in [6.45, 7) is 11.6. The van der Waals surface area contributed by atoms with Gasteiger partial charge in [0, 0.05) is 36.3 Å². The SMILES string of the molecule is CC1COCCN1c1nnc2ccc(OC3CCC(NC(=O)NC(C=C(N)C(C)(C)C)=Nc4cccc(OCCN(C)C)c4)c4ccccc43)cn12. The van der Waals surface area contributed by atoms with Gasteiger partial charge < -0.3 is 35.1 Å². The summed E-state index contributed by atoms with van der Waals surface area (Å²) in [4.78, 5) is 22.7. The second kappa shape index (κ2) is 16.0. The highest BCUT2D eigenvalue weighted by Crippen LogP contribution is 2.39. The number of nitrogens with zero attached hydrogens (tertiary/aromatic N) is 6. The minimum absolute atomic E-state index is 0.190. The molecule has 52 heavy (non-hydrogen) atoms. The molecule has 3 unspecified atom stereocenters. The Balaban J connectivity index is 1.17. The number of anilines is 1. The molecule has 0 spiro atoms. The summed E-state index contributed by atoms with van der Waals surface area (Å²) in [7, 11) is 4.00. The first-order chi connectivity index (χ1) is 24.9. The zero-order chi connectivity index (χ0) is 36.8. The van der Waals surface area contributed by atoms with Crippen LogP contribution in [-0.4, -0.2) is 84.4 Å². The maximum Gasteiger partial charge on any atom is 0.320 e. The first-order valence-corrected chi connectivity index (χ1v) is 17.9. The molecule has 4 N–H and O–H groups in total. The number of morpholine rings is 1. The molecule has 13 heteroatoms. The van der Waals surface area contributed by atoms with E-state index in [0.29, 0.717) is 55.6 Å². The molecule has 0 radical (unpaired) electrons. The Morgan fingerprint density at radius 2 is 1.88 bits per heavy atom. The number of likely N-dealkylation sites (N-methyl/N-ethyl adjacent to an activating group) is 1. The molecule has 2 aromatic heterocycles. The van der Waals surface area contributed by atoms with Crippen LogP contribution in [0.5, 0.6) is 11.5 Å². The number of carbonyl (C=O) groups excluding carboxylic acids is 1. The number of pyridine rings is 1.